The number of hydrogen-bond acceptors (Lipinski definition) is 7. The number of nitrogens with zero attached hydrogens (tertiary/aromatic N) is 5. The third-order valence-corrected chi connectivity index (χ3v) is 8.78. The second-order valence-corrected chi connectivity index (χ2v) is 11.3. The maximum Gasteiger partial charge on any atom is 0.320 e. The first-order valence-corrected chi connectivity index (χ1v) is 14.5. The first-order valence-electron chi connectivity index (χ1n) is 13.7. The maximum absolute atomic E-state index is 12.7. The van der Waals surface area contributed by atoms with Gasteiger partial charge in [0, 0.05) is 50.7 Å². The smallest absolute Gasteiger partial charge is 0.320 e. The first kappa shape index (κ1) is 25.7. The summed E-state index contributed by atoms with van der Waals surface area (Å²) in [6, 6.07) is 20.8. The molecule has 202 valence electrons. The van der Waals surface area contributed by atoms with Crippen molar-refractivity contribution in [3.05, 3.63) is 78.1 Å². The Hall–Kier alpha value is -3.53. The van der Waals surface area contributed by atoms with Crippen molar-refractivity contribution < 1.29 is 9.90 Å². The maximum atomic E-state index is 12.7. The third-order valence-electron chi connectivity index (χ3n) is 7.69. The first-order chi connectivity index (χ1) is 19.2. The van der Waals surface area contributed by atoms with Crippen molar-refractivity contribution >= 4 is 33.4 Å². The predicted octanol–water partition coefficient (Wildman–Crippen LogP) is 4.84. The molecule has 39 heavy (non-hydrogen) atoms. The molecule has 0 bridgehead atoms. The van der Waals surface area contributed by atoms with Crippen molar-refractivity contribution in [1.82, 2.24) is 24.7 Å². The van der Waals surface area contributed by atoms with Crippen LogP contribution in [0.25, 0.3) is 20.7 Å². The van der Waals surface area contributed by atoms with Crippen LogP contribution in [0.4, 0.5) is 10.6 Å². The molecule has 0 spiro atoms. The molecule has 0 saturated carbocycles. The van der Waals surface area contributed by atoms with E-state index in [0.29, 0.717) is 0 Å². The molecule has 1 atom stereocenters. The lowest BCUT2D eigenvalue weighted by molar-refractivity contribution is 0.115. The number of nitrogens with one attached hydrogen (secondary N) is 1. The Kier molecular flexibility index (Phi) is 7.71. The summed E-state index contributed by atoms with van der Waals surface area (Å²) >= 11 is 1.64. The van der Waals surface area contributed by atoms with Crippen LogP contribution in [0.2, 0.25) is 0 Å². The normalized spacial score (nSPS) is 17.1. The number of aliphatic hydroxyl groups excluding tert-OH is 1. The van der Waals surface area contributed by atoms with Crippen LogP contribution in [0, 0.1) is 0 Å². The SMILES string of the molecule is O=C(N1CCCC1)N1CCN(Cc2ccc(-c3cc4c(N[C@H](CO)c5ccccc5)ncnc4s3)cc2)CC1. The van der Waals surface area contributed by atoms with Crippen LogP contribution in [0.5, 0.6) is 0 Å². The molecule has 0 radical (unpaired) electrons. The van der Waals surface area contributed by atoms with Gasteiger partial charge < -0.3 is 20.2 Å². The number of anilines is 1. The van der Waals surface area contributed by atoms with Crippen LogP contribution in [0.15, 0.2) is 67.0 Å². The predicted molar refractivity (Wildman–Crippen MR) is 156 cm³/mol. The fourth-order valence-electron chi connectivity index (χ4n) is 5.44. The second-order valence-electron chi connectivity index (χ2n) is 10.3. The minimum absolute atomic E-state index is 0.0300. The van der Waals surface area contributed by atoms with E-state index >= 15 is 0 Å². The number of amides is 2. The zero-order chi connectivity index (χ0) is 26.6. The number of fused-ring (bicyclic) bond motifs is 1. The van der Waals surface area contributed by atoms with E-state index in [1.807, 2.05) is 40.1 Å². The number of aromatic nitrogens is 2. The van der Waals surface area contributed by atoms with E-state index in [0.717, 1.165) is 90.7 Å². The molecule has 8 nitrogen and oxygen atoms in total. The van der Waals surface area contributed by atoms with Gasteiger partial charge in [-0.05, 0) is 35.6 Å². The van der Waals surface area contributed by atoms with Gasteiger partial charge in [0.15, 0.2) is 0 Å². The minimum Gasteiger partial charge on any atom is -0.394 e. The molecule has 6 rings (SSSR count). The topological polar surface area (TPSA) is 84.8 Å². The van der Waals surface area contributed by atoms with Crippen molar-refractivity contribution in [2.45, 2.75) is 25.4 Å². The number of hydrogen-bond donors (Lipinski definition) is 2. The van der Waals surface area contributed by atoms with Crippen LogP contribution in [0.3, 0.4) is 0 Å². The molecule has 0 aliphatic carbocycles. The van der Waals surface area contributed by atoms with Crippen LogP contribution in [0.1, 0.15) is 30.0 Å². The lowest BCUT2D eigenvalue weighted by atomic mass is 10.1. The summed E-state index contributed by atoms with van der Waals surface area (Å²) in [7, 11) is 0. The van der Waals surface area contributed by atoms with E-state index in [2.05, 4.69) is 50.5 Å². The van der Waals surface area contributed by atoms with Gasteiger partial charge in [-0.1, -0.05) is 54.6 Å². The number of rotatable bonds is 7. The Labute approximate surface area is 232 Å². The standard InChI is InChI=1S/C30H34N6O2S/c37-20-26(23-6-2-1-3-7-23)33-28-25-18-27(39-29(25)32-21-31-28)24-10-8-22(9-11-24)19-34-14-16-36(17-15-34)30(38)35-12-4-5-13-35/h1-3,6-11,18,21,26,37H,4-5,12-17,19-20H2,(H,31,32,33)/t26-/m1/s1. The van der Waals surface area contributed by atoms with E-state index in [-0.39, 0.29) is 18.7 Å². The van der Waals surface area contributed by atoms with Crippen LogP contribution in [-0.2, 0) is 6.54 Å². The second kappa shape index (κ2) is 11.7. The molecule has 9 heteroatoms. The number of urea groups is 1. The van der Waals surface area contributed by atoms with Crippen molar-refractivity contribution in [3.63, 3.8) is 0 Å². The fraction of sp³-hybridized carbons (Fsp3) is 0.367. The highest BCUT2D eigenvalue weighted by Gasteiger charge is 2.26. The minimum atomic E-state index is -0.243. The van der Waals surface area contributed by atoms with Crippen molar-refractivity contribution in [2.24, 2.45) is 0 Å². The van der Waals surface area contributed by atoms with Gasteiger partial charge in [-0.15, -0.1) is 11.3 Å². The lowest BCUT2D eigenvalue weighted by Crippen LogP contribution is -2.52. The molecule has 2 aliphatic heterocycles. The van der Waals surface area contributed by atoms with E-state index in [1.165, 1.54) is 5.56 Å². The molecule has 2 aromatic heterocycles. The Morgan fingerprint density at radius 3 is 2.36 bits per heavy atom. The molecule has 0 unspecified atom stereocenters. The summed E-state index contributed by atoms with van der Waals surface area (Å²) < 4.78 is 0. The molecule has 2 aliphatic rings. The monoisotopic (exact) mass is 542 g/mol. The van der Waals surface area contributed by atoms with Gasteiger partial charge in [-0.2, -0.15) is 0 Å². The fourth-order valence-corrected chi connectivity index (χ4v) is 6.44. The van der Waals surface area contributed by atoms with E-state index < -0.39 is 0 Å². The zero-order valence-corrected chi connectivity index (χ0v) is 22.8. The van der Waals surface area contributed by atoms with Crippen molar-refractivity contribution in [2.75, 3.05) is 51.2 Å². The van der Waals surface area contributed by atoms with Crippen molar-refractivity contribution in [3.8, 4) is 10.4 Å². The Morgan fingerprint density at radius 1 is 0.923 bits per heavy atom. The largest absolute Gasteiger partial charge is 0.394 e. The van der Waals surface area contributed by atoms with Gasteiger partial charge in [0.2, 0.25) is 0 Å². The molecular formula is C30H34N6O2S. The number of carbonyl (C=O) groups is 1. The number of carbonyl (C=O) groups excluding carboxylic acids is 1. The Bertz CT molecular complexity index is 1400. The van der Waals surface area contributed by atoms with Gasteiger partial charge in [0.1, 0.15) is 17.0 Å². The summed E-state index contributed by atoms with van der Waals surface area (Å²) in [5.41, 5.74) is 3.43. The van der Waals surface area contributed by atoms with Crippen LogP contribution < -0.4 is 5.32 Å². The quantitative estimate of drug-likeness (QED) is 0.348. The van der Waals surface area contributed by atoms with E-state index in [4.69, 9.17) is 0 Å². The molecule has 2 fully saturated rings. The number of piperazine rings is 1. The average Bonchev–Trinajstić information content (AvgIpc) is 3.68. The molecule has 2 amide bonds. The number of aliphatic hydroxyl groups is 1. The zero-order valence-electron chi connectivity index (χ0n) is 22.0. The molecule has 2 aromatic carbocycles. The Balaban J connectivity index is 1.10. The van der Waals surface area contributed by atoms with E-state index in [9.17, 15) is 9.90 Å². The van der Waals surface area contributed by atoms with Crippen LogP contribution >= 0.6 is 11.3 Å². The highest BCUT2D eigenvalue weighted by Crippen LogP contribution is 2.36. The molecular weight excluding hydrogens is 508 g/mol. The summed E-state index contributed by atoms with van der Waals surface area (Å²) in [6.45, 7) is 6.09. The summed E-state index contributed by atoms with van der Waals surface area (Å²) in [4.78, 5) is 30.1. The van der Waals surface area contributed by atoms with Gasteiger partial charge in [0.05, 0.1) is 18.0 Å². The average molecular weight is 543 g/mol. The number of thiophene rings is 1. The number of likely N-dealkylation sites (tertiary alicyclic amines) is 1. The number of benzene rings is 2. The summed E-state index contributed by atoms with van der Waals surface area (Å²) in [5.74, 6) is 0.726. The highest BCUT2D eigenvalue weighted by molar-refractivity contribution is 7.21. The van der Waals surface area contributed by atoms with Gasteiger partial charge in [0.25, 0.3) is 0 Å². The Morgan fingerprint density at radius 2 is 1.64 bits per heavy atom. The highest BCUT2D eigenvalue weighted by atomic mass is 32.1. The van der Waals surface area contributed by atoms with Gasteiger partial charge >= 0.3 is 6.03 Å². The molecule has 2 saturated heterocycles. The van der Waals surface area contributed by atoms with Crippen LogP contribution in [-0.4, -0.2) is 81.7 Å². The molecule has 4 aromatic rings. The third kappa shape index (κ3) is 5.75. The molecule has 2 N–H and O–H groups in total. The summed E-state index contributed by atoms with van der Waals surface area (Å²) in [5, 5.41) is 14.4. The van der Waals surface area contributed by atoms with E-state index in [1.54, 1.807) is 17.7 Å². The van der Waals surface area contributed by atoms with Gasteiger partial charge in [-0.25, -0.2) is 14.8 Å². The molecule has 4 heterocycles. The van der Waals surface area contributed by atoms with Crippen molar-refractivity contribution in [1.29, 1.82) is 0 Å². The lowest BCUT2D eigenvalue weighted by Gasteiger charge is -2.36. The van der Waals surface area contributed by atoms with Gasteiger partial charge in [-0.3, -0.25) is 4.90 Å². The summed E-state index contributed by atoms with van der Waals surface area (Å²) in [6.07, 6.45) is 3.84.